The fourth-order valence-electron chi connectivity index (χ4n) is 0.282. The van der Waals surface area contributed by atoms with Crippen molar-refractivity contribution in [1.29, 1.82) is 0 Å². The Balaban J connectivity index is 2.69. The van der Waals surface area contributed by atoms with Gasteiger partial charge in [-0.15, -0.1) is 0 Å². The van der Waals surface area contributed by atoms with Crippen LogP contribution < -0.4 is 0 Å². The first-order valence-electron chi connectivity index (χ1n) is 2.60. The average Bonchev–Trinajstić information content (AvgIpc) is 1.69. The molecule has 0 atom stereocenters. The SMILES string of the molecule is C/C=C/COCC. The Kier molecular flexibility index (Phi) is 5.46. The van der Waals surface area contributed by atoms with Crippen LogP contribution in [0.5, 0.6) is 0 Å². The maximum absolute atomic E-state index is 4.99. The van der Waals surface area contributed by atoms with Gasteiger partial charge in [0.1, 0.15) is 0 Å². The first kappa shape index (κ1) is 6.70. The van der Waals surface area contributed by atoms with E-state index in [1.165, 1.54) is 0 Å². The molecule has 0 heterocycles. The standard InChI is InChI=1S/C6H12O/c1-3-5-6-7-4-2/h3,5H,4,6H2,1-2H3/b5-3+. The Hall–Kier alpha value is -0.300. The third-order valence-electron chi connectivity index (χ3n) is 0.654. The molecule has 0 amide bonds. The van der Waals surface area contributed by atoms with E-state index in [1.54, 1.807) is 0 Å². The Morgan fingerprint density at radius 2 is 2.29 bits per heavy atom. The lowest BCUT2D eigenvalue weighted by atomic mass is 10.5. The first-order chi connectivity index (χ1) is 3.41. The highest BCUT2D eigenvalue weighted by Gasteiger charge is 1.69. The van der Waals surface area contributed by atoms with E-state index >= 15 is 0 Å². The molecule has 0 aliphatic heterocycles. The van der Waals surface area contributed by atoms with Gasteiger partial charge in [-0.3, -0.25) is 0 Å². The molecular weight excluding hydrogens is 88.1 g/mol. The molecule has 0 aromatic rings. The number of hydrogen-bond donors (Lipinski definition) is 0. The third-order valence-corrected chi connectivity index (χ3v) is 0.654. The predicted molar refractivity (Wildman–Crippen MR) is 31.3 cm³/mol. The fourth-order valence-corrected chi connectivity index (χ4v) is 0.282. The van der Waals surface area contributed by atoms with E-state index in [1.807, 2.05) is 26.0 Å². The lowest BCUT2D eigenvalue weighted by molar-refractivity contribution is 0.177. The quantitative estimate of drug-likeness (QED) is 0.386. The van der Waals surface area contributed by atoms with E-state index in [2.05, 4.69) is 0 Å². The smallest absolute Gasteiger partial charge is 0.0647 e. The Morgan fingerprint density at radius 1 is 1.57 bits per heavy atom. The molecule has 0 aromatic heterocycles. The van der Waals surface area contributed by atoms with Crippen LogP contribution in [0.2, 0.25) is 0 Å². The van der Waals surface area contributed by atoms with E-state index in [0.29, 0.717) is 0 Å². The van der Waals surface area contributed by atoms with Gasteiger partial charge in [-0.25, -0.2) is 0 Å². The molecule has 1 nitrogen and oxygen atoms in total. The molecule has 7 heavy (non-hydrogen) atoms. The van der Waals surface area contributed by atoms with Gasteiger partial charge in [0.15, 0.2) is 0 Å². The van der Waals surface area contributed by atoms with Gasteiger partial charge in [-0.2, -0.15) is 0 Å². The maximum atomic E-state index is 4.99. The van der Waals surface area contributed by atoms with Crippen molar-refractivity contribution in [1.82, 2.24) is 0 Å². The summed E-state index contributed by atoms with van der Waals surface area (Å²) in [5.41, 5.74) is 0. The van der Waals surface area contributed by atoms with Gasteiger partial charge in [0.25, 0.3) is 0 Å². The zero-order valence-corrected chi connectivity index (χ0v) is 4.98. The summed E-state index contributed by atoms with van der Waals surface area (Å²) < 4.78 is 4.99. The minimum Gasteiger partial charge on any atom is -0.378 e. The van der Waals surface area contributed by atoms with Gasteiger partial charge in [-0.05, 0) is 13.8 Å². The second-order valence-corrected chi connectivity index (χ2v) is 1.23. The molecular formula is C6H12O. The maximum Gasteiger partial charge on any atom is 0.0647 e. The third kappa shape index (κ3) is 5.70. The van der Waals surface area contributed by atoms with Crippen LogP contribution in [-0.2, 0) is 4.74 Å². The van der Waals surface area contributed by atoms with Crippen molar-refractivity contribution in [3.05, 3.63) is 12.2 Å². The average molecular weight is 100 g/mol. The molecule has 0 saturated carbocycles. The zero-order chi connectivity index (χ0) is 5.54. The lowest BCUT2D eigenvalue weighted by Crippen LogP contribution is -1.86. The summed E-state index contributed by atoms with van der Waals surface area (Å²) in [6.45, 7) is 5.54. The topological polar surface area (TPSA) is 9.23 Å². The summed E-state index contributed by atoms with van der Waals surface area (Å²) in [6, 6.07) is 0. The molecule has 0 spiro atoms. The van der Waals surface area contributed by atoms with Crippen LogP contribution >= 0.6 is 0 Å². The molecule has 0 rings (SSSR count). The largest absolute Gasteiger partial charge is 0.378 e. The van der Waals surface area contributed by atoms with Crippen molar-refractivity contribution in [3.63, 3.8) is 0 Å². The second kappa shape index (κ2) is 5.70. The minimum atomic E-state index is 0.757. The minimum absolute atomic E-state index is 0.757. The normalized spacial score (nSPS) is 10.6. The summed E-state index contributed by atoms with van der Waals surface area (Å²) in [4.78, 5) is 0. The molecule has 1 heteroatoms. The predicted octanol–water partition coefficient (Wildman–Crippen LogP) is 1.60. The molecule has 0 saturated heterocycles. The molecule has 0 unspecified atom stereocenters. The highest BCUT2D eigenvalue weighted by atomic mass is 16.5. The van der Waals surface area contributed by atoms with E-state index in [-0.39, 0.29) is 0 Å². The first-order valence-corrected chi connectivity index (χ1v) is 2.60. The van der Waals surface area contributed by atoms with Crippen LogP contribution in [0, 0.1) is 0 Å². The molecule has 0 aromatic carbocycles. The number of allylic oxidation sites excluding steroid dienone is 1. The van der Waals surface area contributed by atoms with Crippen LogP contribution in [0.1, 0.15) is 13.8 Å². The monoisotopic (exact) mass is 100 g/mol. The number of rotatable bonds is 3. The van der Waals surface area contributed by atoms with Crippen molar-refractivity contribution < 1.29 is 4.74 Å². The van der Waals surface area contributed by atoms with Crippen LogP contribution in [-0.4, -0.2) is 13.2 Å². The summed E-state index contributed by atoms with van der Waals surface area (Å²) in [5.74, 6) is 0. The number of hydrogen-bond acceptors (Lipinski definition) is 1. The van der Waals surface area contributed by atoms with Crippen LogP contribution in [0.15, 0.2) is 12.2 Å². The summed E-state index contributed by atoms with van der Waals surface area (Å²) in [5, 5.41) is 0. The van der Waals surface area contributed by atoms with Crippen LogP contribution in [0.4, 0.5) is 0 Å². The van der Waals surface area contributed by atoms with E-state index in [9.17, 15) is 0 Å². The van der Waals surface area contributed by atoms with E-state index in [0.717, 1.165) is 13.2 Å². The van der Waals surface area contributed by atoms with Gasteiger partial charge < -0.3 is 4.74 Å². The Bertz CT molecular complexity index is 48.1. The summed E-state index contributed by atoms with van der Waals surface area (Å²) in [7, 11) is 0. The van der Waals surface area contributed by atoms with Crippen molar-refractivity contribution in [2.24, 2.45) is 0 Å². The molecule has 0 aliphatic carbocycles. The van der Waals surface area contributed by atoms with Gasteiger partial charge in [0.2, 0.25) is 0 Å². The highest BCUT2D eigenvalue weighted by Crippen LogP contribution is 1.73. The fraction of sp³-hybridized carbons (Fsp3) is 0.667. The highest BCUT2D eigenvalue weighted by molar-refractivity contribution is 4.75. The zero-order valence-electron chi connectivity index (χ0n) is 4.98. The molecule has 0 aliphatic rings. The van der Waals surface area contributed by atoms with E-state index < -0.39 is 0 Å². The second-order valence-electron chi connectivity index (χ2n) is 1.23. The van der Waals surface area contributed by atoms with Crippen molar-refractivity contribution in [2.45, 2.75) is 13.8 Å². The van der Waals surface area contributed by atoms with Gasteiger partial charge in [0.05, 0.1) is 6.61 Å². The van der Waals surface area contributed by atoms with Crippen LogP contribution in [0.25, 0.3) is 0 Å². The molecule has 0 radical (unpaired) electrons. The van der Waals surface area contributed by atoms with E-state index in [4.69, 9.17) is 4.74 Å². The molecule has 0 bridgehead atoms. The van der Waals surface area contributed by atoms with Crippen molar-refractivity contribution in [3.8, 4) is 0 Å². The Morgan fingerprint density at radius 3 is 2.71 bits per heavy atom. The van der Waals surface area contributed by atoms with Gasteiger partial charge >= 0.3 is 0 Å². The molecule has 0 N–H and O–H groups in total. The molecule has 42 valence electrons. The summed E-state index contributed by atoms with van der Waals surface area (Å²) >= 11 is 0. The summed E-state index contributed by atoms with van der Waals surface area (Å²) in [6.07, 6.45) is 3.97. The van der Waals surface area contributed by atoms with Crippen LogP contribution in [0.3, 0.4) is 0 Å². The Labute approximate surface area is 45.0 Å². The van der Waals surface area contributed by atoms with Crippen molar-refractivity contribution in [2.75, 3.05) is 13.2 Å². The lowest BCUT2D eigenvalue weighted by Gasteiger charge is -1.89. The molecule has 0 fully saturated rings. The number of ether oxygens (including phenoxy) is 1. The van der Waals surface area contributed by atoms with Gasteiger partial charge in [-0.1, -0.05) is 12.2 Å². The van der Waals surface area contributed by atoms with Crippen molar-refractivity contribution >= 4 is 0 Å². The van der Waals surface area contributed by atoms with Gasteiger partial charge in [0, 0.05) is 6.61 Å².